The molecule has 0 N–H and O–H groups in total. The highest BCUT2D eigenvalue weighted by atomic mass is 14.6. The minimum absolute atomic E-state index is 0.442. The minimum Gasteiger partial charge on any atom is -0.103 e. The Balaban J connectivity index is 1.59. The fourth-order valence-electron chi connectivity index (χ4n) is 8.10. The molecule has 0 heteroatoms. The van der Waals surface area contributed by atoms with Crippen LogP contribution in [0.15, 0.2) is 47.1 Å². The second kappa shape index (κ2) is 10.7. The lowest BCUT2D eigenvalue weighted by Gasteiger charge is -2.55. The van der Waals surface area contributed by atoms with Crippen molar-refractivity contribution in [1.82, 2.24) is 0 Å². The van der Waals surface area contributed by atoms with Crippen LogP contribution in [-0.4, -0.2) is 0 Å². The van der Waals surface area contributed by atoms with Crippen LogP contribution in [0.2, 0.25) is 0 Å². The van der Waals surface area contributed by atoms with E-state index in [1.54, 1.807) is 5.57 Å². The number of allylic oxidation sites excluding steroid dienone is 7. The Kier molecular flexibility index (Phi) is 8.61. The molecule has 0 nitrogen and oxygen atoms in total. The molecule has 4 atom stereocenters. The van der Waals surface area contributed by atoms with Gasteiger partial charge in [-0.15, -0.1) is 6.58 Å². The number of hydrogen-bond donors (Lipinski definition) is 0. The van der Waals surface area contributed by atoms with Gasteiger partial charge >= 0.3 is 0 Å². The minimum atomic E-state index is 0.442. The predicted molar refractivity (Wildman–Crippen MR) is 147 cm³/mol. The highest BCUT2D eigenvalue weighted by Gasteiger charge is 2.55. The van der Waals surface area contributed by atoms with Crippen LogP contribution >= 0.6 is 0 Å². The molecule has 186 valence electrons. The van der Waals surface area contributed by atoms with Gasteiger partial charge in [0.15, 0.2) is 0 Å². The van der Waals surface area contributed by atoms with Crippen LogP contribution in [0.4, 0.5) is 0 Å². The zero-order valence-corrected chi connectivity index (χ0v) is 23.3. The average molecular weight is 451 g/mol. The van der Waals surface area contributed by atoms with Gasteiger partial charge in [-0.05, 0) is 119 Å². The van der Waals surface area contributed by atoms with E-state index in [-0.39, 0.29) is 0 Å². The van der Waals surface area contributed by atoms with Crippen LogP contribution in [0.5, 0.6) is 0 Å². The van der Waals surface area contributed by atoms with Crippen molar-refractivity contribution in [3.63, 3.8) is 0 Å². The van der Waals surface area contributed by atoms with Crippen molar-refractivity contribution < 1.29 is 0 Å². The first-order chi connectivity index (χ1) is 15.5. The molecule has 0 saturated heterocycles. The Labute approximate surface area is 207 Å². The molecule has 1 fully saturated rings. The molecular weight excluding hydrogens is 396 g/mol. The zero-order chi connectivity index (χ0) is 24.3. The Morgan fingerprint density at radius 1 is 0.909 bits per heavy atom. The van der Waals surface area contributed by atoms with E-state index in [1.807, 2.05) is 17.2 Å². The lowest BCUT2D eigenvalue weighted by Crippen LogP contribution is -2.45. The summed E-state index contributed by atoms with van der Waals surface area (Å²) in [6.45, 7) is 21.4. The molecule has 0 aromatic heterocycles. The van der Waals surface area contributed by atoms with Gasteiger partial charge in [-0.25, -0.2) is 0 Å². The van der Waals surface area contributed by atoms with Crippen molar-refractivity contribution in [2.75, 3.05) is 0 Å². The third-order valence-corrected chi connectivity index (χ3v) is 10.5. The Morgan fingerprint density at radius 2 is 1.58 bits per heavy atom. The fourth-order valence-corrected chi connectivity index (χ4v) is 8.10. The standard InChI is InChI=1S/C33H54/c1-9-10-14-25(2)15-11-16-26(3)17-12-18-27(4)32(7)24-21-29-28(32)19-20-30-31(5,6)22-13-23-33(29,30)8/h9,15,17,27,30H,1,10-14,16,18-24H2,2-8H3/b25-15+,26-17+/t27?,30-,32+,33+/m0/s1. The molecular formula is C33H54. The monoisotopic (exact) mass is 450 g/mol. The molecule has 0 aliphatic heterocycles. The maximum Gasteiger partial charge on any atom is -0.00800 e. The Morgan fingerprint density at radius 3 is 2.27 bits per heavy atom. The molecule has 3 aliphatic rings. The van der Waals surface area contributed by atoms with Gasteiger partial charge in [0.05, 0.1) is 0 Å². The summed E-state index contributed by atoms with van der Waals surface area (Å²) in [6, 6.07) is 0. The normalized spacial score (nSPS) is 33.0. The maximum absolute atomic E-state index is 3.83. The number of rotatable bonds is 10. The largest absolute Gasteiger partial charge is 0.103 e. The molecule has 0 aromatic carbocycles. The zero-order valence-electron chi connectivity index (χ0n) is 23.3. The fraction of sp³-hybridized carbons (Fsp3) is 0.758. The van der Waals surface area contributed by atoms with Crippen LogP contribution < -0.4 is 0 Å². The quantitative estimate of drug-likeness (QED) is 0.290. The van der Waals surface area contributed by atoms with Gasteiger partial charge in [-0.1, -0.05) is 81.6 Å². The summed E-state index contributed by atoms with van der Waals surface area (Å²) in [5.41, 5.74) is 8.37. The lowest BCUT2D eigenvalue weighted by molar-refractivity contribution is 0.0106. The molecule has 1 unspecified atom stereocenters. The van der Waals surface area contributed by atoms with Gasteiger partial charge in [-0.3, -0.25) is 0 Å². The number of fused-ring (bicyclic) bond motifs is 2. The molecule has 0 bridgehead atoms. The van der Waals surface area contributed by atoms with E-state index in [2.05, 4.69) is 67.2 Å². The summed E-state index contributed by atoms with van der Waals surface area (Å²) in [7, 11) is 0. The second-order valence-corrected chi connectivity index (χ2v) is 13.2. The van der Waals surface area contributed by atoms with Crippen molar-refractivity contribution in [1.29, 1.82) is 0 Å². The van der Waals surface area contributed by atoms with Gasteiger partial charge < -0.3 is 0 Å². The molecule has 33 heavy (non-hydrogen) atoms. The van der Waals surface area contributed by atoms with Crippen molar-refractivity contribution >= 4 is 0 Å². The van der Waals surface area contributed by atoms with E-state index in [4.69, 9.17) is 0 Å². The molecule has 0 heterocycles. The summed E-state index contributed by atoms with van der Waals surface area (Å²) >= 11 is 0. The first kappa shape index (κ1) is 26.6. The summed E-state index contributed by atoms with van der Waals surface area (Å²) < 4.78 is 0. The van der Waals surface area contributed by atoms with Gasteiger partial charge in [0, 0.05) is 0 Å². The molecule has 0 radical (unpaired) electrons. The van der Waals surface area contributed by atoms with Gasteiger partial charge in [0.25, 0.3) is 0 Å². The van der Waals surface area contributed by atoms with Gasteiger partial charge in [0.1, 0.15) is 0 Å². The SMILES string of the molecule is C=CCC/C(C)=C/CC/C(C)=C/CCC(C)[C@@]1(C)CCC2=C1CC[C@H]1C(C)(C)CCC[C@]21C. The van der Waals surface area contributed by atoms with Crippen molar-refractivity contribution in [3.8, 4) is 0 Å². The topological polar surface area (TPSA) is 0 Å². The number of hydrogen-bond acceptors (Lipinski definition) is 0. The van der Waals surface area contributed by atoms with Gasteiger partial charge in [-0.2, -0.15) is 0 Å². The van der Waals surface area contributed by atoms with Crippen LogP contribution in [-0.2, 0) is 0 Å². The third kappa shape index (κ3) is 5.62. The summed E-state index contributed by atoms with van der Waals surface area (Å²) in [4.78, 5) is 0. The van der Waals surface area contributed by atoms with E-state index >= 15 is 0 Å². The van der Waals surface area contributed by atoms with Crippen LogP contribution in [0.3, 0.4) is 0 Å². The highest BCUT2D eigenvalue weighted by molar-refractivity contribution is 5.37. The molecule has 0 aromatic rings. The average Bonchev–Trinajstić information content (AvgIpc) is 3.11. The molecule has 1 saturated carbocycles. The van der Waals surface area contributed by atoms with E-state index < -0.39 is 0 Å². The maximum atomic E-state index is 3.83. The van der Waals surface area contributed by atoms with Crippen molar-refractivity contribution in [3.05, 3.63) is 47.1 Å². The predicted octanol–water partition coefficient (Wildman–Crippen LogP) is 10.8. The highest BCUT2D eigenvalue weighted by Crippen LogP contribution is 2.66. The van der Waals surface area contributed by atoms with Crippen molar-refractivity contribution in [2.24, 2.45) is 28.1 Å². The molecule has 3 aliphatic carbocycles. The Bertz CT molecular complexity index is 787. The van der Waals surface area contributed by atoms with Crippen LogP contribution in [0.25, 0.3) is 0 Å². The van der Waals surface area contributed by atoms with Crippen LogP contribution in [0.1, 0.15) is 132 Å². The Hall–Kier alpha value is -1.04. The second-order valence-electron chi connectivity index (χ2n) is 13.2. The van der Waals surface area contributed by atoms with E-state index in [1.165, 1.54) is 76.2 Å². The summed E-state index contributed by atoms with van der Waals surface area (Å²) in [5.74, 6) is 1.68. The lowest BCUT2D eigenvalue weighted by atomic mass is 9.49. The smallest absolute Gasteiger partial charge is 0.00800 e. The van der Waals surface area contributed by atoms with Gasteiger partial charge in [0.2, 0.25) is 0 Å². The van der Waals surface area contributed by atoms with Crippen LogP contribution in [0, 0.1) is 28.1 Å². The summed E-state index contributed by atoms with van der Waals surface area (Å²) in [6.07, 6.45) is 24.1. The van der Waals surface area contributed by atoms with E-state index in [0.717, 1.165) is 24.7 Å². The molecule has 0 amide bonds. The summed E-state index contributed by atoms with van der Waals surface area (Å²) in [5, 5.41) is 0. The molecule has 3 rings (SSSR count). The first-order valence-electron chi connectivity index (χ1n) is 14.2. The first-order valence-corrected chi connectivity index (χ1v) is 14.2. The molecule has 0 spiro atoms. The van der Waals surface area contributed by atoms with E-state index in [9.17, 15) is 0 Å². The van der Waals surface area contributed by atoms with E-state index in [0.29, 0.717) is 16.2 Å². The van der Waals surface area contributed by atoms with Crippen molar-refractivity contribution in [2.45, 2.75) is 132 Å². The third-order valence-electron chi connectivity index (χ3n) is 10.5.